The number of nitrogens with zero attached hydrogens (tertiary/aromatic N) is 1. The standard InChI is InChI=1S/C26H32N2O7/c1-14(33-24(31)17-4-3-10-27-17)23(30)34-18-7-8-26(32)19-12-15-5-6-16(13-29)21-20(15)25(26,22(18)35-21)9-11-28(19)2/h5-7,14,17,19,22,27,29,32H,3-4,8-13H2,1-2H3/t14-,17?,19+,22?,25?,26+/m0/s1. The monoisotopic (exact) mass is 484 g/mol. The number of ether oxygens (including phenoxy) is 3. The second-order valence-corrected chi connectivity index (χ2v) is 10.5. The number of benzene rings is 1. The number of likely N-dealkylation sites (tertiary alicyclic amines) is 1. The molecule has 3 aliphatic heterocycles. The van der Waals surface area contributed by atoms with Crippen LogP contribution in [0.3, 0.4) is 0 Å². The highest BCUT2D eigenvalue weighted by Crippen LogP contribution is 2.64. The van der Waals surface area contributed by atoms with E-state index in [-0.39, 0.29) is 12.6 Å². The van der Waals surface area contributed by atoms with Gasteiger partial charge in [0.1, 0.15) is 17.6 Å². The summed E-state index contributed by atoms with van der Waals surface area (Å²) in [6.45, 7) is 2.84. The van der Waals surface area contributed by atoms with Gasteiger partial charge in [-0.15, -0.1) is 0 Å². The highest BCUT2D eigenvalue weighted by atomic mass is 16.6. The van der Waals surface area contributed by atoms with Crippen LogP contribution in [0.4, 0.5) is 0 Å². The average Bonchev–Trinajstić information content (AvgIpc) is 3.49. The zero-order valence-electron chi connectivity index (χ0n) is 20.1. The van der Waals surface area contributed by atoms with Gasteiger partial charge in [0.25, 0.3) is 0 Å². The Morgan fingerprint density at radius 1 is 1.37 bits per heavy atom. The third kappa shape index (κ3) is 3.08. The van der Waals surface area contributed by atoms with Gasteiger partial charge in [-0.1, -0.05) is 12.1 Å². The quantitative estimate of drug-likeness (QED) is 0.519. The van der Waals surface area contributed by atoms with Crippen LogP contribution in [0.5, 0.6) is 5.75 Å². The second kappa shape index (κ2) is 8.03. The van der Waals surface area contributed by atoms with E-state index in [1.165, 1.54) is 6.92 Å². The lowest BCUT2D eigenvalue weighted by atomic mass is 9.50. The molecule has 9 nitrogen and oxygen atoms in total. The number of piperidine rings is 1. The van der Waals surface area contributed by atoms with E-state index in [2.05, 4.69) is 10.2 Å². The second-order valence-electron chi connectivity index (χ2n) is 10.5. The normalized spacial score (nSPS) is 35.5. The van der Waals surface area contributed by atoms with Crippen molar-refractivity contribution in [2.24, 2.45) is 0 Å². The van der Waals surface area contributed by atoms with Gasteiger partial charge in [-0.3, -0.25) is 4.79 Å². The number of likely N-dealkylation sites (N-methyl/N-ethyl adjacent to an activating group) is 1. The maximum Gasteiger partial charge on any atom is 0.352 e. The molecule has 3 unspecified atom stereocenters. The molecule has 0 amide bonds. The number of nitrogens with one attached hydrogen (secondary N) is 1. The van der Waals surface area contributed by atoms with Crippen molar-refractivity contribution in [3.63, 3.8) is 0 Å². The number of esters is 2. The Bertz CT molecular complexity index is 1110. The average molecular weight is 485 g/mol. The number of carbonyl (C=O) groups excluding carboxylic acids is 2. The molecular formula is C26H32N2O7. The van der Waals surface area contributed by atoms with Gasteiger partial charge in [0, 0.05) is 23.6 Å². The van der Waals surface area contributed by atoms with Crippen LogP contribution in [0.2, 0.25) is 0 Å². The van der Waals surface area contributed by atoms with Crippen LogP contribution in [0.15, 0.2) is 24.0 Å². The summed E-state index contributed by atoms with van der Waals surface area (Å²) in [5.74, 6) is -0.207. The summed E-state index contributed by atoms with van der Waals surface area (Å²) in [5, 5.41) is 25.3. The maximum absolute atomic E-state index is 13.0. The van der Waals surface area contributed by atoms with E-state index < -0.39 is 41.2 Å². The highest BCUT2D eigenvalue weighted by Gasteiger charge is 2.71. The van der Waals surface area contributed by atoms with Crippen molar-refractivity contribution >= 4 is 11.9 Å². The molecule has 3 heterocycles. The van der Waals surface area contributed by atoms with Crippen molar-refractivity contribution in [2.45, 2.75) is 80.9 Å². The predicted molar refractivity (Wildman–Crippen MR) is 124 cm³/mol. The van der Waals surface area contributed by atoms with E-state index in [9.17, 15) is 19.8 Å². The molecule has 0 radical (unpaired) electrons. The Morgan fingerprint density at radius 2 is 2.20 bits per heavy atom. The smallest absolute Gasteiger partial charge is 0.352 e. The molecule has 2 aliphatic carbocycles. The van der Waals surface area contributed by atoms with Crippen molar-refractivity contribution in [2.75, 3.05) is 20.1 Å². The van der Waals surface area contributed by atoms with Crippen LogP contribution >= 0.6 is 0 Å². The molecule has 188 valence electrons. The van der Waals surface area contributed by atoms with Crippen LogP contribution in [-0.4, -0.2) is 77.1 Å². The third-order valence-corrected chi connectivity index (χ3v) is 8.81. The summed E-state index contributed by atoms with van der Waals surface area (Å²) in [6, 6.07) is 3.39. The Kier molecular flexibility index (Phi) is 5.27. The molecular weight excluding hydrogens is 452 g/mol. The molecule has 1 aromatic rings. The van der Waals surface area contributed by atoms with Gasteiger partial charge in [-0.2, -0.15) is 0 Å². The Morgan fingerprint density at radius 3 is 2.94 bits per heavy atom. The maximum atomic E-state index is 13.0. The first-order valence-electron chi connectivity index (χ1n) is 12.5. The number of carbonyl (C=O) groups is 2. The van der Waals surface area contributed by atoms with E-state index in [0.717, 1.165) is 30.6 Å². The summed E-state index contributed by atoms with van der Waals surface area (Å²) >= 11 is 0. The van der Waals surface area contributed by atoms with Crippen molar-refractivity contribution < 1.29 is 34.0 Å². The van der Waals surface area contributed by atoms with Gasteiger partial charge in [0.15, 0.2) is 12.2 Å². The molecule has 2 saturated heterocycles. The van der Waals surface area contributed by atoms with Crippen molar-refractivity contribution in [3.05, 3.63) is 40.7 Å². The molecule has 6 rings (SSSR count). The summed E-state index contributed by atoms with van der Waals surface area (Å²) in [7, 11) is 2.03. The Labute approximate surface area is 204 Å². The lowest BCUT2D eigenvalue weighted by molar-refractivity contribution is -0.175. The fourth-order valence-electron chi connectivity index (χ4n) is 7.02. The molecule has 0 saturated carbocycles. The van der Waals surface area contributed by atoms with Crippen LogP contribution in [0, 0.1) is 0 Å². The minimum absolute atomic E-state index is 0.104. The topological polar surface area (TPSA) is 118 Å². The molecule has 0 aromatic heterocycles. The molecule has 1 spiro atoms. The van der Waals surface area contributed by atoms with E-state index >= 15 is 0 Å². The van der Waals surface area contributed by atoms with Gasteiger partial charge >= 0.3 is 11.9 Å². The van der Waals surface area contributed by atoms with E-state index in [4.69, 9.17) is 14.2 Å². The molecule has 2 bridgehead atoms. The first kappa shape index (κ1) is 23.0. The minimum atomic E-state index is -1.10. The molecule has 9 heteroatoms. The lowest BCUT2D eigenvalue weighted by Crippen LogP contribution is -2.74. The number of aliphatic hydroxyl groups excluding tert-OH is 1. The SMILES string of the molecule is C[C@H](OC(=O)C1CCCN1)C(=O)OC1=CC[C@@]2(O)[C@H]3Cc4ccc(CO)c5c4C2(CCN3C)C1O5. The molecule has 1 aromatic carbocycles. The number of aliphatic hydroxyl groups is 2. The van der Waals surface area contributed by atoms with Crippen molar-refractivity contribution in [1.29, 1.82) is 0 Å². The summed E-state index contributed by atoms with van der Waals surface area (Å²) in [4.78, 5) is 27.5. The first-order chi connectivity index (χ1) is 16.8. The van der Waals surface area contributed by atoms with Crippen molar-refractivity contribution in [3.8, 4) is 5.75 Å². The highest BCUT2D eigenvalue weighted by molar-refractivity contribution is 5.82. The largest absolute Gasteiger partial charge is 0.481 e. The van der Waals surface area contributed by atoms with Crippen LogP contribution < -0.4 is 10.1 Å². The van der Waals surface area contributed by atoms with E-state index in [1.807, 2.05) is 19.2 Å². The van der Waals surface area contributed by atoms with E-state index in [0.29, 0.717) is 42.8 Å². The number of rotatable bonds is 5. The molecule has 5 aliphatic rings. The summed E-state index contributed by atoms with van der Waals surface area (Å²) in [6.07, 6.45) is 3.17. The van der Waals surface area contributed by atoms with Crippen molar-refractivity contribution in [1.82, 2.24) is 10.2 Å². The fourth-order valence-corrected chi connectivity index (χ4v) is 7.02. The minimum Gasteiger partial charge on any atom is -0.481 e. The Balaban J connectivity index is 1.32. The van der Waals surface area contributed by atoms with Gasteiger partial charge in [-0.05, 0) is 64.4 Å². The van der Waals surface area contributed by atoms with Gasteiger partial charge in [0.2, 0.25) is 0 Å². The van der Waals surface area contributed by atoms with Gasteiger partial charge in [-0.25, -0.2) is 4.79 Å². The third-order valence-electron chi connectivity index (χ3n) is 8.81. The van der Waals surface area contributed by atoms with Gasteiger partial charge in [0.05, 0.1) is 17.6 Å². The summed E-state index contributed by atoms with van der Waals surface area (Å²) < 4.78 is 17.7. The van der Waals surface area contributed by atoms with Crippen LogP contribution in [0.25, 0.3) is 0 Å². The lowest BCUT2D eigenvalue weighted by Gasteiger charge is -2.61. The zero-order valence-corrected chi connectivity index (χ0v) is 20.1. The number of hydrogen-bond donors (Lipinski definition) is 3. The fraction of sp³-hybridized carbons (Fsp3) is 0.615. The van der Waals surface area contributed by atoms with E-state index in [1.54, 1.807) is 6.08 Å². The molecule has 35 heavy (non-hydrogen) atoms. The van der Waals surface area contributed by atoms with Crippen LogP contribution in [-0.2, 0) is 37.5 Å². The molecule has 6 atom stereocenters. The summed E-state index contributed by atoms with van der Waals surface area (Å²) in [5.41, 5.74) is 0.814. The first-order valence-corrected chi connectivity index (χ1v) is 12.5. The molecule has 3 N–H and O–H groups in total. The van der Waals surface area contributed by atoms with Crippen LogP contribution in [0.1, 0.15) is 49.3 Å². The molecule has 2 fully saturated rings. The number of hydrogen-bond acceptors (Lipinski definition) is 9. The van der Waals surface area contributed by atoms with Gasteiger partial charge < -0.3 is 34.6 Å². The predicted octanol–water partition coefficient (Wildman–Crippen LogP) is 0.684. The Hall–Kier alpha value is -2.46. The zero-order chi connectivity index (χ0) is 24.5.